The molecular weight excluding hydrogens is 436 g/mol. The molecule has 4 fully saturated rings. The summed E-state index contributed by atoms with van der Waals surface area (Å²) < 4.78 is 31.0. The highest BCUT2D eigenvalue weighted by Gasteiger charge is 2.51. The fourth-order valence-corrected chi connectivity index (χ4v) is 7.72. The summed E-state index contributed by atoms with van der Waals surface area (Å²) in [6, 6.07) is 14.9. The first-order valence-corrected chi connectivity index (χ1v) is 13.6. The fraction of sp³-hybridized carbons (Fsp3) is 0.500. The quantitative estimate of drug-likeness (QED) is 0.646. The Morgan fingerprint density at radius 3 is 2.18 bits per heavy atom. The first-order valence-electron chi connectivity index (χ1n) is 11.8. The first-order chi connectivity index (χ1) is 15.7. The third-order valence-electron chi connectivity index (χ3n) is 7.85. The largest absolute Gasteiger partial charge is 0.497 e. The standard InChI is InChI=1S/C26H32N2O4S/c1-32-24-5-3-4-23(13-24)28(33(2,30)31)17-25(29)27-22-8-6-21(7-9-22)26-14-18-10-19(15-26)12-20(11-18)16-26/h3-9,13,18-20H,10-12,14-17H2,1-2H3,(H,27,29). The van der Waals surface area contributed by atoms with Gasteiger partial charge in [0.2, 0.25) is 15.9 Å². The molecule has 7 heteroatoms. The van der Waals surface area contributed by atoms with E-state index in [0.717, 1.165) is 28.3 Å². The average Bonchev–Trinajstić information content (AvgIpc) is 2.76. The van der Waals surface area contributed by atoms with Crippen LogP contribution in [-0.2, 0) is 20.2 Å². The van der Waals surface area contributed by atoms with Crippen LogP contribution in [0.4, 0.5) is 11.4 Å². The number of methoxy groups -OCH3 is 1. The molecule has 0 spiro atoms. The molecule has 0 aromatic heterocycles. The zero-order chi connectivity index (χ0) is 23.2. The van der Waals surface area contributed by atoms with Gasteiger partial charge in [-0.15, -0.1) is 0 Å². The molecule has 33 heavy (non-hydrogen) atoms. The normalized spacial score (nSPS) is 27.9. The Bertz CT molecular complexity index is 1110. The predicted molar refractivity (Wildman–Crippen MR) is 130 cm³/mol. The predicted octanol–water partition coefficient (Wildman–Crippen LogP) is 4.57. The summed E-state index contributed by atoms with van der Waals surface area (Å²) >= 11 is 0. The van der Waals surface area contributed by atoms with Gasteiger partial charge < -0.3 is 10.1 Å². The molecule has 6 nitrogen and oxygen atoms in total. The summed E-state index contributed by atoms with van der Waals surface area (Å²) in [4.78, 5) is 12.8. The molecule has 0 radical (unpaired) electrons. The molecule has 176 valence electrons. The number of nitrogens with zero attached hydrogens (tertiary/aromatic N) is 1. The van der Waals surface area contributed by atoms with Crippen LogP contribution < -0.4 is 14.4 Å². The third kappa shape index (κ3) is 4.47. The van der Waals surface area contributed by atoms with E-state index in [0.29, 0.717) is 22.5 Å². The number of hydrogen-bond acceptors (Lipinski definition) is 4. The number of nitrogens with one attached hydrogen (secondary N) is 1. The molecule has 1 amide bonds. The lowest BCUT2D eigenvalue weighted by Gasteiger charge is -2.57. The lowest BCUT2D eigenvalue weighted by molar-refractivity contribution is -0.114. The monoisotopic (exact) mass is 468 g/mol. The van der Waals surface area contributed by atoms with Crippen LogP contribution in [0.25, 0.3) is 0 Å². The summed E-state index contributed by atoms with van der Waals surface area (Å²) in [5.74, 6) is 2.80. The van der Waals surface area contributed by atoms with E-state index >= 15 is 0 Å². The molecular formula is C26H32N2O4S. The Labute approximate surface area is 196 Å². The maximum absolute atomic E-state index is 12.8. The van der Waals surface area contributed by atoms with Crippen LogP contribution in [0.5, 0.6) is 5.75 Å². The van der Waals surface area contributed by atoms with Gasteiger partial charge in [0.25, 0.3) is 0 Å². The smallest absolute Gasteiger partial charge is 0.245 e. The Hall–Kier alpha value is -2.54. The van der Waals surface area contributed by atoms with Crippen molar-refractivity contribution < 1.29 is 17.9 Å². The van der Waals surface area contributed by atoms with Crippen LogP contribution in [0.1, 0.15) is 44.1 Å². The molecule has 1 N–H and O–H groups in total. The van der Waals surface area contributed by atoms with E-state index in [1.807, 2.05) is 12.1 Å². The van der Waals surface area contributed by atoms with Crippen molar-refractivity contribution in [2.75, 3.05) is 29.5 Å². The van der Waals surface area contributed by atoms with Crippen molar-refractivity contribution >= 4 is 27.3 Å². The summed E-state index contributed by atoms with van der Waals surface area (Å²) in [6.45, 7) is -0.303. The third-order valence-corrected chi connectivity index (χ3v) is 8.99. The van der Waals surface area contributed by atoms with Gasteiger partial charge in [0.1, 0.15) is 12.3 Å². The van der Waals surface area contributed by atoms with Crippen molar-refractivity contribution in [2.45, 2.75) is 43.9 Å². The highest BCUT2D eigenvalue weighted by molar-refractivity contribution is 7.92. The van der Waals surface area contributed by atoms with E-state index in [1.165, 1.54) is 51.2 Å². The van der Waals surface area contributed by atoms with Gasteiger partial charge in [0.15, 0.2) is 0 Å². The highest BCUT2D eigenvalue weighted by Crippen LogP contribution is 2.60. The molecule has 2 aromatic rings. The van der Waals surface area contributed by atoms with Crippen LogP contribution in [0.3, 0.4) is 0 Å². The highest BCUT2D eigenvalue weighted by atomic mass is 32.2. The van der Waals surface area contributed by atoms with E-state index in [9.17, 15) is 13.2 Å². The van der Waals surface area contributed by atoms with Gasteiger partial charge in [-0.1, -0.05) is 18.2 Å². The lowest BCUT2D eigenvalue weighted by atomic mass is 9.48. The number of carbonyl (C=O) groups is 1. The van der Waals surface area contributed by atoms with Gasteiger partial charge in [-0.05, 0) is 91.5 Å². The lowest BCUT2D eigenvalue weighted by Crippen LogP contribution is -2.48. The minimum atomic E-state index is -3.65. The summed E-state index contributed by atoms with van der Waals surface area (Å²) in [5, 5.41) is 2.87. The average molecular weight is 469 g/mol. The Morgan fingerprint density at radius 1 is 1.03 bits per heavy atom. The summed E-state index contributed by atoms with van der Waals surface area (Å²) in [6.07, 6.45) is 9.24. The van der Waals surface area contributed by atoms with Crippen LogP contribution in [-0.4, -0.2) is 34.2 Å². The number of anilines is 2. The van der Waals surface area contributed by atoms with E-state index in [2.05, 4.69) is 17.4 Å². The zero-order valence-electron chi connectivity index (χ0n) is 19.3. The topological polar surface area (TPSA) is 75.7 Å². The number of ether oxygens (including phenoxy) is 1. The summed E-state index contributed by atoms with van der Waals surface area (Å²) in [7, 11) is -2.13. The van der Waals surface area contributed by atoms with E-state index < -0.39 is 10.0 Å². The van der Waals surface area contributed by atoms with Gasteiger partial charge in [-0.25, -0.2) is 8.42 Å². The van der Waals surface area contributed by atoms with Crippen molar-refractivity contribution in [2.24, 2.45) is 17.8 Å². The molecule has 0 saturated heterocycles. The molecule has 2 aromatic carbocycles. The number of hydrogen-bond donors (Lipinski definition) is 1. The van der Waals surface area contributed by atoms with Gasteiger partial charge in [-0.3, -0.25) is 9.10 Å². The van der Waals surface area contributed by atoms with E-state index in [1.54, 1.807) is 24.3 Å². The molecule has 0 unspecified atom stereocenters. The molecule has 4 aliphatic rings. The Kier molecular flexibility index (Phi) is 5.63. The number of sulfonamides is 1. The van der Waals surface area contributed by atoms with Crippen LogP contribution in [0.15, 0.2) is 48.5 Å². The van der Waals surface area contributed by atoms with E-state index in [4.69, 9.17) is 4.74 Å². The number of rotatable bonds is 7. The minimum Gasteiger partial charge on any atom is -0.497 e. The maximum Gasteiger partial charge on any atom is 0.245 e. The van der Waals surface area contributed by atoms with Crippen molar-refractivity contribution in [3.05, 3.63) is 54.1 Å². The van der Waals surface area contributed by atoms with Crippen LogP contribution in [0.2, 0.25) is 0 Å². The van der Waals surface area contributed by atoms with Crippen LogP contribution in [0, 0.1) is 17.8 Å². The van der Waals surface area contributed by atoms with Gasteiger partial charge in [-0.2, -0.15) is 0 Å². The molecule has 0 aliphatic heterocycles. The fourth-order valence-electron chi connectivity index (χ4n) is 6.87. The molecule has 4 bridgehead atoms. The first kappa shape index (κ1) is 22.3. The Morgan fingerprint density at radius 2 is 1.64 bits per heavy atom. The molecule has 0 atom stereocenters. The van der Waals surface area contributed by atoms with Gasteiger partial charge in [0.05, 0.1) is 19.1 Å². The van der Waals surface area contributed by atoms with E-state index in [-0.39, 0.29) is 12.5 Å². The SMILES string of the molecule is COc1cccc(N(CC(=O)Nc2ccc(C34CC5CC(CC(C5)C3)C4)cc2)S(C)(=O)=O)c1. The number of benzene rings is 2. The number of carbonyl (C=O) groups excluding carboxylic acids is 1. The molecule has 4 saturated carbocycles. The van der Waals surface area contributed by atoms with Gasteiger partial charge in [0, 0.05) is 11.8 Å². The zero-order valence-corrected chi connectivity index (χ0v) is 20.1. The molecule has 0 heterocycles. The van der Waals surface area contributed by atoms with Crippen molar-refractivity contribution in [1.29, 1.82) is 0 Å². The molecule has 6 rings (SSSR count). The van der Waals surface area contributed by atoms with Crippen molar-refractivity contribution in [1.82, 2.24) is 0 Å². The van der Waals surface area contributed by atoms with Crippen molar-refractivity contribution in [3.63, 3.8) is 0 Å². The second-order valence-electron chi connectivity index (χ2n) is 10.3. The van der Waals surface area contributed by atoms with Gasteiger partial charge >= 0.3 is 0 Å². The number of amides is 1. The second kappa shape index (κ2) is 8.35. The minimum absolute atomic E-state index is 0.303. The van der Waals surface area contributed by atoms with Crippen LogP contribution >= 0.6 is 0 Å². The molecule has 4 aliphatic carbocycles. The summed E-state index contributed by atoms with van der Waals surface area (Å²) in [5.41, 5.74) is 2.79. The van der Waals surface area contributed by atoms with Crippen molar-refractivity contribution in [3.8, 4) is 5.75 Å². The maximum atomic E-state index is 12.8. The second-order valence-corrected chi connectivity index (χ2v) is 12.2. The Balaban J connectivity index is 1.28.